The fourth-order valence-corrected chi connectivity index (χ4v) is 4.23. The third-order valence-corrected chi connectivity index (χ3v) is 5.70. The van der Waals surface area contributed by atoms with Gasteiger partial charge in [-0.1, -0.05) is 60.7 Å². The Hall–Kier alpha value is -3.73. The number of benzene rings is 3. The molecule has 30 heavy (non-hydrogen) atoms. The predicted octanol–water partition coefficient (Wildman–Crippen LogP) is 4.19. The topological polar surface area (TPSA) is 64.0 Å². The summed E-state index contributed by atoms with van der Waals surface area (Å²) in [6.45, 7) is 0. The van der Waals surface area contributed by atoms with Crippen molar-refractivity contribution in [3.63, 3.8) is 0 Å². The van der Waals surface area contributed by atoms with Crippen molar-refractivity contribution >= 4 is 16.7 Å². The average molecular weight is 395 g/mol. The van der Waals surface area contributed by atoms with Gasteiger partial charge in [-0.25, -0.2) is 0 Å². The number of aromatic nitrogens is 2. The van der Waals surface area contributed by atoms with Crippen molar-refractivity contribution in [2.75, 3.05) is 0 Å². The Bertz CT molecular complexity index is 1290. The molecule has 1 heterocycles. The molecular formula is C25H21N3O2. The normalized spacial score (nSPS) is 15.5. The molecule has 1 atom stereocenters. The average Bonchev–Trinajstić information content (AvgIpc) is 2.80. The Balaban J connectivity index is 1.60. The molecule has 0 aliphatic heterocycles. The van der Waals surface area contributed by atoms with Crippen LogP contribution in [0.2, 0.25) is 0 Å². The van der Waals surface area contributed by atoms with Crippen molar-refractivity contribution in [2.24, 2.45) is 0 Å². The fraction of sp³-hybridized carbons (Fsp3) is 0.160. The molecule has 0 radical (unpaired) electrons. The lowest BCUT2D eigenvalue weighted by atomic mass is 9.87. The predicted molar refractivity (Wildman–Crippen MR) is 117 cm³/mol. The Morgan fingerprint density at radius 1 is 0.900 bits per heavy atom. The van der Waals surface area contributed by atoms with Crippen molar-refractivity contribution in [2.45, 2.75) is 25.3 Å². The second kappa shape index (κ2) is 7.59. The highest BCUT2D eigenvalue weighted by atomic mass is 16.2. The van der Waals surface area contributed by atoms with Crippen molar-refractivity contribution in [3.05, 3.63) is 106 Å². The van der Waals surface area contributed by atoms with Crippen LogP contribution in [0.4, 0.5) is 0 Å². The molecule has 0 saturated carbocycles. The van der Waals surface area contributed by atoms with Gasteiger partial charge in [0, 0.05) is 5.39 Å². The van der Waals surface area contributed by atoms with Gasteiger partial charge >= 0.3 is 0 Å². The van der Waals surface area contributed by atoms with Crippen LogP contribution >= 0.6 is 0 Å². The molecule has 0 bridgehead atoms. The number of carbonyl (C=O) groups excluding carboxylic acids is 1. The SMILES string of the molecule is O=C(N[C@@H]1CCCc2ccccc21)c1nn(-c2ccccc2)c(=O)c2ccccc12. The van der Waals surface area contributed by atoms with E-state index in [0.717, 1.165) is 24.8 Å². The van der Waals surface area contributed by atoms with Crippen LogP contribution in [0.25, 0.3) is 16.5 Å². The first-order valence-electron chi connectivity index (χ1n) is 10.2. The summed E-state index contributed by atoms with van der Waals surface area (Å²) in [7, 11) is 0. The summed E-state index contributed by atoms with van der Waals surface area (Å²) >= 11 is 0. The standard InChI is InChI=1S/C25H21N3O2/c29-24(26-22-16-8-10-17-9-4-5-13-19(17)22)23-20-14-6-7-15-21(20)25(30)28(27-23)18-11-2-1-3-12-18/h1-7,9,11-15,22H,8,10,16H2,(H,26,29)/t22-/m1/s1. The molecule has 1 N–H and O–H groups in total. The number of para-hydroxylation sites is 1. The van der Waals surface area contributed by atoms with Crippen LogP contribution < -0.4 is 10.9 Å². The van der Waals surface area contributed by atoms with E-state index in [9.17, 15) is 9.59 Å². The summed E-state index contributed by atoms with van der Waals surface area (Å²) in [5.41, 5.74) is 3.10. The van der Waals surface area contributed by atoms with Crippen LogP contribution in [-0.2, 0) is 6.42 Å². The number of aryl methyl sites for hydroxylation is 1. The largest absolute Gasteiger partial charge is 0.344 e. The molecule has 0 saturated heterocycles. The smallest absolute Gasteiger partial charge is 0.279 e. The van der Waals surface area contributed by atoms with Crippen LogP contribution in [0, 0.1) is 0 Å². The van der Waals surface area contributed by atoms with Crippen molar-refractivity contribution in [1.82, 2.24) is 15.1 Å². The first-order chi connectivity index (χ1) is 14.7. The summed E-state index contributed by atoms with van der Waals surface area (Å²) in [5.74, 6) is -0.266. The highest BCUT2D eigenvalue weighted by molar-refractivity contribution is 6.05. The van der Waals surface area contributed by atoms with E-state index in [4.69, 9.17) is 0 Å². The molecule has 0 spiro atoms. The number of nitrogens with one attached hydrogen (secondary N) is 1. The van der Waals surface area contributed by atoms with Crippen molar-refractivity contribution < 1.29 is 4.79 Å². The number of hydrogen-bond donors (Lipinski definition) is 1. The third kappa shape index (κ3) is 3.18. The van der Waals surface area contributed by atoms with Crippen molar-refractivity contribution in [3.8, 4) is 5.69 Å². The van der Waals surface area contributed by atoms with Gasteiger partial charge < -0.3 is 5.32 Å². The van der Waals surface area contributed by atoms with Crippen molar-refractivity contribution in [1.29, 1.82) is 0 Å². The number of nitrogens with zero attached hydrogens (tertiary/aromatic N) is 2. The lowest BCUT2D eigenvalue weighted by molar-refractivity contribution is 0.0928. The molecule has 0 unspecified atom stereocenters. The van der Waals surface area contributed by atoms with Gasteiger partial charge in [0.1, 0.15) is 0 Å². The lowest BCUT2D eigenvalue weighted by Gasteiger charge is -2.26. The van der Waals surface area contributed by atoms with Gasteiger partial charge in [0.2, 0.25) is 0 Å². The van der Waals surface area contributed by atoms with Gasteiger partial charge in [0.15, 0.2) is 5.69 Å². The molecule has 1 aromatic heterocycles. The zero-order valence-corrected chi connectivity index (χ0v) is 16.4. The van der Waals surface area contributed by atoms with E-state index in [1.165, 1.54) is 10.2 Å². The van der Waals surface area contributed by atoms with Gasteiger partial charge in [-0.05, 0) is 48.6 Å². The Labute approximate surface area is 174 Å². The number of hydrogen-bond acceptors (Lipinski definition) is 3. The second-order valence-electron chi connectivity index (χ2n) is 7.56. The van der Waals surface area contributed by atoms with E-state index in [-0.39, 0.29) is 23.2 Å². The molecule has 1 aliphatic rings. The minimum atomic E-state index is -0.266. The summed E-state index contributed by atoms with van der Waals surface area (Å²) < 4.78 is 1.31. The van der Waals surface area contributed by atoms with Gasteiger partial charge in [-0.2, -0.15) is 9.78 Å². The first kappa shape index (κ1) is 18.3. The number of amides is 1. The van der Waals surface area contributed by atoms with E-state index < -0.39 is 0 Å². The van der Waals surface area contributed by atoms with Crippen LogP contribution in [0.1, 0.15) is 40.5 Å². The summed E-state index contributed by atoms with van der Waals surface area (Å²) in [4.78, 5) is 26.4. The monoisotopic (exact) mass is 395 g/mol. The summed E-state index contributed by atoms with van der Waals surface area (Å²) in [6.07, 6.45) is 2.95. The Morgan fingerprint density at radius 3 is 2.43 bits per heavy atom. The maximum Gasteiger partial charge on any atom is 0.279 e. The van der Waals surface area contributed by atoms with Gasteiger partial charge in [-0.15, -0.1) is 0 Å². The first-order valence-corrected chi connectivity index (χ1v) is 10.2. The molecule has 148 valence electrons. The van der Waals surface area contributed by atoms with E-state index in [2.05, 4.69) is 22.5 Å². The number of rotatable bonds is 3. The summed E-state index contributed by atoms with van der Waals surface area (Å²) in [6, 6.07) is 24.5. The minimum Gasteiger partial charge on any atom is -0.344 e. The molecule has 3 aromatic carbocycles. The third-order valence-electron chi connectivity index (χ3n) is 5.70. The Kier molecular flexibility index (Phi) is 4.64. The molecule has 4 aromatic rings. The van der Waals surface area contributed by atoms with Crippen LogP contribution in [0.5, 0.6) is 0 Å². The van der Waals surface area contributed by atoms with Gasteiger partial charge in [0.25, 0.3) is 11.5 Å². The van der Waals surface area contributed by atoms with Crippen LogP contribution in [0.3, 0.4) is 0 Å². The quantitative estimate of drug-likeness (QED) is 0.566. The fourth-order valence-electron chi connectivity index (χ4n) is 4.23. The van der Waals surface area contributed by atoms with Crippen LogP contribution in [-0.4, -0.2) is 15.7 Å². The molecule has 1 amide bonds. The van der Waals surface area contributed by atoms with E-state index >= 15 is 0 Å². The van der Waals surface area contributed by atoms with E-state index in [0.29, 0.717) is 16.5 Å². The molecule has 1 aliphatic carbocycles. The summed E-state index contributed by atoms with van der Waals surface area (Å²) in [5, 5.41) is 8.69. The zero-order valence-electron chi connectivity index (χ0n) is 16.4. The van der Waals surface area contributed by atoms with Gasteiger partial charge in [0.05, 0.1) is 17.1 Å². The highest BCUT2D eigenvalue weighted by Crippen LogP contribution is 2.30. The minimum absolute atomic E-state index is 0.0554. The van der Waals surface area contributed by atoms with E-state index in [1.54, 1.807) is 18.2 Å². The Morgan fingerprint density at radius 2 is 1.60 bits per heavy atom. The molecule has 5 nitrogen and oxygen atoms in total. The number of carbonyl (C=O) groups is 1. The molecular weight excluding hydrogens is 374 g/mol. The molecule has 0 fully saturated rings. The maximum absolute atomic E-state index is 13.3. The molecule has 5 rings (SSSR count). The maximum atomic E-state index is 13.3. The second-order valence-corrected chi connectivity index (χ2v) is 7.56. The van der Waals surface area contributed by atoms with Gasteiger partial charge in [-0.3, -0.25) is 9.59 Å². The zero-order chi connectivity index (χ0) is 20.5. The lowest BCUT2D eigenvalue weighted by Crippen LogP contribution is -2.34. The van der Waals surface area contributed by atoms with Crippen LogP contribution in [0.15, 0.2) is 83.7 Å². The van der Waals surface area contributed by atoms with E-state index in [1.807, 2.05) is 48.5 Å². The highest BCUT2D eigenvalue weighted by Gasteiger charge is 2.24. The molecule has 5 heteroatoms. The number of fused-ring (bicyclic) bond motifs is 2.